The molecule has 0 atom stereocenters. The minimum atomic E-state index is 0.0567. The van der Waals surface area contributed by atoms with Crippen LogP contribution < -0.4 is 5.32 Å². The molecule has 0 aromatic heterocycles. The summed E-state index contributed by atoms with van der Waals surface area (Å²) in [6.07, 6.45) is 7.82. The fraction of sp³-hybridized carbons (Fsp3) is 0.750. The molecular weight excluding hydrogens is 206 g/mol. The third-order valence-electron chi connectivity index (χ3n) is 2.30. The van der Waals surface area contributed by atoms with Crippen molar-refractivity contribution in [1.29, 1.82) is 0 Å². The molecule has 0 saturated heterocycles. The van der Waals surface area contributed by atoms with E-state index in [1.807, 2.05) is 0 Å². The van der Waals surface area contributed by atoms with Gasteiger partial charge in [-0.1, -0.05) is 6.42 Å². The lowest BCUT2D eigenvalue weighted by Crippen LogP contribution is -2.23. The van der Waals surface area contributed by atoms with Crippen molar-refractivity contribution >= 4 is 18.5 Å². The molecule has 0 rings (SSSR count). The average Bonchev–Trinajstić information content (AvgIpc) is 2.29. The summed E-state index contributed by atoms with van der Waals surface area (Å²) in [6.45, 7) is 0.686. The molecule has 0 bridgehead atoms. The Balaban J connectivity index is 3.17. The Hall–Kier alpha value is -1.19. The second-order valence-corrected chi connectivity index (χ2v) is 3.78. The highest BCUT2D eigenvalue weighted by molar-refractivity contribution is 5.75. The Bertz CT molecular complexity index is 204. The molecule has 0 aromatic carbocycles. The lowest BCUT2D eigenvalue weighted by atomic mass is 10.2. The molecule has 0 aliphatic heterocycles. The number of hydrogen-bond acceptors (Lipinski definition) is 3. The van der Waals surface area contributed by atoms with Gasteiger partial charge in [-0.2, -0.15) is 0 Å². The summed E-state index contributed by atoms with van der Waals surface area (Å²) in [4.78, 5) is 31.3. The zero-order valence-corrected chi connectivity index (χ0v) is 9.74. The van der Waals surface area contributed by atoms with Crippen LogP contribution in [0.5, 0.6) is 0 Å². The first-order valence-corrected chi connectivity index (χ1v) is 5.95. The van der Waals surface area contributed by atoms with Crippen LogP contribution in [-0.2, 0) is 14.4 Å². The van der Waals surface area contributed by atoms with Crippen molar-refractivity contribution in [2.24, 2.45) is 0 Å². The Morgan fingerprint density at radius 1 is 0.875 bits per heavy atom. The van der Waals surface area contributed by atoms with Gasteiger partial charge in [0.25, 0.3) is 0 Å². The minimum absolute atomic E-state index is 0.0567. The number of carbonyl (C=O) groups excluding carboxylic acids is 3. The van der Waals surface area contributed by atoms with Crippen LogP contribution in [0.15, 0.2) is 0 Å². The second-order valence-electron chi connectivity index (χ2n) is 3.78. The van der Waals surface area contributed by atoms with Gasteiger partial charge in [0.15, 0.2) is 0 Å². The SMILES string of the molecule is O=CCCCCCNC(=O)CCCCC=O. The Labute approximate surface area is 96.8 Å². The van der Waals surface area contributed by atoms with Crippen LogP contribution >= 0.6 is 0 Å². The van der Waals surface area contributed by atoms with Gasteiger partial charge in [0, 0.05) is 25.8 Å². The second kappa shape index (κ2) is 11.9. The summed E-state index contributed by atoms with van der Waals surface area (Å²) in [5, 5.41) is 2.82. The van der Waals surface area contributed by atoms with E-state index in [1.54, 1.807) is 0 Å². The normalized spacial score (nSPS) is 9.75. The summed E-state index contributed by atoms with van der Waals surface area (Å²) >= 11 is 0. The van der Waals surface area contributed by atoms with E-state index in [1.165, 1.54) is 0 Å². The van der Waals surface area contributed by atoms with Crippen molar-refractivity contribution in [2.45, 2.75) is 51.4 Å². The van der Waals surface area contributed by atoms with Crippen LogP contribution in [0.1, 0.15) is 51.4 Å². The molecule has 0 aliphatic carbocycles. The van der Waals surface area contributed by atoms with Crippen molar-refractivity contribution in [3.05, 3.63) is 0 Å². The first kappa shape index (κ1) is 14.8. The summed E-state index contributed by atoms with van der Waals surface area (Å²) in [5.74, 6) is 0.0567. The van der Waals surface area contributed by atoms with Crippen LogP contribution in [0.2, 0.25) is 0 Å². The van der Waals surface area contributed by atoms with Gasteiger partial charge in [0.1, 0.15) is 12.6 Å². The van der Waals surface area contributed by atoms with Crippen molar-refractivity contribution in [2.75, 3.05) is 6.54 Å². The number of nitrogens with one attached hydrogen (secondary N) is 1. The fourth-order valence-electron chi connectivity index (χ4n) is 1.36. The summed E-state index contributed by atoms with van der Waals surface area (Å²) in [7, 11) is 0. The lowest BCUT2D eigenvalue weighted by Gasteiger charge is -2.03. The molecule has 0 radical (unpaired) electrons. The number of rotatable bonds is 11. The van der Waals surface area contributed by atoms with E-state index in [-0.39, 0.29) is 5.91 Å². The Morgan fingerprint density at radius 2 is 1.50 bits per heavy atom. The van der Waals surface area contributed by atoms with E-state index in [2.05, 4.69) is 5.32 Å². The maximum absolute atomic E-state index is 11.2. The van der Waals surface area contributed by atoms with Gasteiger partial charge in [-0.3, -0.25) is 4.79 Å². The maximum atomic E-state index is 11.2. The van der Waals surface area contributed by atoms with Crippen LogP contribution in [0.4, 0.5) is 0 Å². The molecule has 0 aromatic rings. The highest BCUT2D eigenvalue weighted by atomic mass is 16.1. The third-order valence-corrected chi connectivity index (χ3v) is 2.30. The Morgan fingerprint density at radius 3 is 2.12 bits per heavy atom. The molecule has 92 valence electrons. The van der Waals surface area contributed by atoms with Crippen molar-refractivity contribution in [1.82, 2.24) is 5.32 Å². The molecule has 0 unspecified atom stereocenters. The third kappa shape index (κ3) is 10.9. The smallest absolute Gasteiger partial charge is 0.219 e. The average molecular weight is 227 g/mol. The highest BCUT2D eigenvalue weighted by Gasteiger charge is 1.99. The number of carbonyl (C=O) groups is 3. The summed E-state index contributed by atoms with van der Waals surface area (Å²) in [5.41, 5.74) is 0. The molecule has 1 N–H and O–H groups in total. The van der Waals surface area contributed by atoms with Gasteiger partial charge in [-0.25, -0.2) is 0 Å². The first-order chi connectivity index (χ1) is 7.81. The van der Waals surface area contributed by atoms with Gasteiger partial charge in [-0.05, 0) is 25.7 Å². The molecule has 0 spiro atoms. The quantitative estimate of drug-likeness (QED) is 0.431. The molecule has 0 fully saturated rings. The topological polar surface area (TPSA) is 63.2 Å². The predicted molar refractivity (Wildman–Crippen MR) is 62.1 cm³/mol. The zero-order chi connectivity index (χ0) is 12.1. The monoisotopic (exact) mass is 227 g/mol. The zero-order valence-electron chi connectivity index (χ0n) is 9.74. The summed E-state index contributed by atoms with van der Waals surface area (Å²) in [6, 6.07) is 0. The van der Waals surface area contributed by atoms with Gasteiger partial charge >= 0.3 is 0 Å². The van der Waals surface area contributed by atoms with Crippen molar-refractivity contribution in [3.8, 4) is 0 Å². The van der Waals surface area contributed by atoms with E-state index in [0.29, 0.717) is 25.8 Å². The molecule has 16 heavy (non-hydrogen) atoms. The molecule has 4 heteroatoms. The van der Waals surface area contributed by atoms with E-state index >= 15 is 0 Å². The van der Waals surface area contributed by atoms with Crippen LogP contribution in [0, 0.1) is 0 Å². The van der Waals surface area contributed by atoms with E-state index in [9.17, 15) is 14.4 Å². The molecule has 4 nitrogen and oxygen atoms in total. The molecular formula is C12H21NO3. The van der Waals surface area contributed by atoms with Gasteiger partial charge < -0.3 is 14.9 Å². The number of aldehydes is 2. The van der Waals surface area contributed by atoms with Crippen molar-refractivity contribution in [3.63, 3.8) is 0 Å². The number of amides is 1. The molecule has 0 heterocycles. The van der Waals surface area contributed by atoms with Gasteiger partial charge in [-0.15, -0.1) is 0 Å². The van der Waals surface area contributed by atoms with Gasteiger partial charge in [0.05, 0.1) is 0 Å². The summed E-state index contributed by atoms with van der Waals surface area (Å²) < 4.78 is 0. The molecule has 1 amide bonds. The first-order valence-electron chi connectivity index (χ1n) is 5.95. The lowest BCUT2D eigenvalue weighted by molar-refractivity contribution is -0.121. The van der Waals surface area contributed by atoms with E-state index in [0.717, 1.165) is 44.7 Å². The minimum Gasteiger partial charge on any atom is -0.356 e. The Kier molecular flexibility index (Phi) is 11.0. The predicted octanol–water partition coefficient (Wildman–Crippen LogP) is 1.62. The van der Waals surface area contributed by atoms with Gasteiger partial charge in [0.2, 0.25) is 5.91 Å². The maximum Gasteiger partial charge on any atom is 0.219 e. The largest absolute Gasteiger partial charge is 0.356 e. The standard InChI is InChI=1S/C12H21NO3/c14-10-6-2-1-5-9-13-12(16)8-4-3-7-11-15/h10-11H,1-9H2,(H,13,16). The molecule has 0 aliphatic rings. The molecule has 0 saturated carbocycles. The number of unbranched alkanes of at least 4 members (excludes halogenated alkanes) is 5. The van der Waals surface area contributed by atoms with E-state index < -0.39 is 0 Å². The van der Waals surface area contributed by atoms with Crippen LogP contribution in [0.25, 0.3) is 0 Å². The van der Waals surface area contributed by atoms with Crippen LogP contribution in [-0.4, -0.2) is 25.0 Å². The van der Waals surface area contributed by atoms with Crippen molar-refractivity contribution < 1.29 is 14.4 Å². The highest BCUT2D eigenvalue weighted by Crippen LogP contribution is 1.99. The van der Waals surface area contributed by atoms with Crippen LogP contribution in [0.3, 0.4) is 0 Å². The fourth-order valence-corrected chi connectivity index (χ4v) is 1.36. The van der Waals surface area contributed by atoms with E-state index in [4.69, 9.17) is 0 Å². The number of hydrogen-bond donors (Lipinski definition) is 1.